The van der Waals surface area contributed by atoms with E-state index in [-0.39, 0.29) is 0 Å². The largest absolute Gasteiger partial charge is 0.363 e. The highest BCUT2D eigenvalue weighted by Crippen LogP contribution is 2.24. The summed E-state index contributed by atoms with van der Waals surface area (Å²) >= 11 is 13.3. The summed E-state index contributed by atoms with van der Waals surface area (Å²) in [4.78, 5) is 1.16. The van der Waals surface area contributed by atoms with Crippen LogP contribution >= 0.6 is 34.5 Å². The first-order valence-electron chi connectivity index (χ1n) is 5.05. The van der Waals surface area contributed by atoms with Gasteiger partial charge in [0.2, 0.25) is 0 Å². The minimum atomic E-state index is 0.451. The van der Waals surface area contributed by atoms with Crippen LogP contribution in [0.3, 0.4) is 0 Å². The number of nitrogens with zero attached hydrogens (tertiary/aromatic N) is 2. The van der Waals surface area contributed by atoms with Gasteiger partial charge in [-0.2, -0.15) is 0 Å². The molecule has 2 aromatic heterocycles. The van der Waals surface area contributed by atoms with Gasteiger partial charge in [0.15, 0.2) is 11.0 Å². The lowest BCUT2D eigenvalue weighted by molar-refractivity contribution is 0.976. The molecule has 0 aliphatic heterocycles. The van der Waals surface area contributed by atoms with E-state index in [4.69, 9.17) is 23.2 Å². The fourth-order valence-electron chi connectivity index (χ4n) is 1.36. The molecule has 0 atom stereocenters. The molecule has 90 valence electrons. The van der Waals surface area contributed by atoms with Crippen LogP contribution in [0.5, 0.6) is 0 Å². The third-order valence-corrected chi connectivity index (χ3v) is 4.11. The van der Waals surface area contributed by atoms with Crippen molar-refractivity contribution in [3.05, 3.63) is 37.6 Å². The van der Waals surface area contributed by atoms with E-state index in [1.54, 1.807) is 11.3 Å². The third kappa shape index (κ3) is 2.89. The summed E-state index contributed by atoms with van der Waals surface area (Å²) < 4.78 is 0.789. The monoisotopic (exact) mass is 287 g/mol. The molecule has 6 heteroatoms. The normalized spacial score (nSPS) is 10.6. The fraction of sp³-hybridized carbons (Fsp3) is 0.273. The van der Waals surface area contributed by atoms with E-state index in [0.29, 0.717) is 11.7 Å². The Morgan fingerprint density at radius 1 is 1.18 bits per heavy atom. The molecule has 2 heterocycles. The number of nitrogens with one attached hydrogen (secondary N) is 1. The van der Waals surface area contributed by atoms with Gasteiger partial charge in [0.1, 0.15) is 0 Å². The molecule has 2 aromatic rings. The molecular weight excluding hydrogens is 277 g/mol. The van der Waals surface area contributed by atoms with Gasteiger partial charge in [-0.1, -0.05) is 23.2 Å². The second-order valence-corrected chi connectivity index (χ2v) is 5.81. The number of aromatic nitrogens is 2. The summed E-state index contributed by atoms with van der Waals surface area (Å²) in [6.45, 7) is 4.59. The molecule has 0 fully saturated rings. The Bertz CT molecular complexity index is 540. The van der Waals surface area contributed by atoms with Crippen LogP contribution in [0.4, 0.5) is 5.82 Å². The van der Waals surface area contributed by atoms with Gasteiger partial charge in [-0.05, 0) is 37.1 Å². The van der Waals surface area contributed by atoms with Gasteiger partial charge in [-0.25, -0.2) is 0 Å². The van der Waals surface area contributed by atoms with Crippen molar-refractivity contribution in [1.82, 2.24) is 10.2 Å². The first kappa shape index (κ1) is 12.6. The summed E-state index contributed by atoms with van der Waals surface area (Å²) in [5.41, 5.74) is 1.97. The SMILES string of the molecule is Cc1c(Cl)nnc(NCc2ccc(Cl)s2)c1C. The van der Waals surface area contributed by atoms with Crippen molar-refractivity contribution < 1.29 is 0 Å². The summed E-state index contributed by atoms with van der Waals surface area (Å²) in [5.74, 6) is 0.761. The molecule has 3 nitrogen and oxygen atoms in total. The van der Waals surface area contributed by atoms with Crippen molar-refractivity contribution >= 4 is 40.4 Å². The van der Waals surface area contributed by atoms with Crippen molar-refractivity contribution in [2.75, 3.05) is 5.32 Å². The molecule has 0 bridgehead atoms. The van der Waals surface area contributed by atoms with Crippen molar-refractivity contribution in [3.8, 4) is 0 Å². The average Bonchev–Trinajstić information content (AvgIpc) is 2.71. The zero-order chi connectivity index (χ0) is 12.4. The van der Waals surface area contributed by atoms with E-state index in [2.05, 4.69) is 15.5 Å². The van der Waals surface area contributed by atoms with Crippen molar-refractivity contribution in [3.63, 3.8) is 0 Å². The topological polar surface area (TPSA) is 37.8 Å². The van der Waals surface area contributed by atoms with E-state index in [0.717, 1.165) is 26.2 Å². The molecule has 2 rings (SSSR count). The Balaban J connectivity index is 2.12. The maximum absolute atomic E-state index is 5.89. The molecule has 0 amide bonds. The van der Waals surface area contributed by atoms with Crippen LogP contribution in [0.15, 0.2) is 12.1 Å². The lowest BCUT2D eigenvalue weighted by Crippen LogP contribution is -2.05. The van der Waals surface area contributed by atoms with E-state index in [9.17, 15) is 0 Å². The lowest BCUT2D eigenvalue weighted by Gasteiger charge is -2.09. The molecule has 0 saturated carbocycles. The van der Waals surface area contributed by atoms with E-state index in [1.807, 2.05) is 26.0 Å². The Hall–Kier alpha value is -0.840. The van der Waals surface area contributed by atoms with Gasteiger partial charge in [0.25, 0.3) is 0 Å². The van der Waals surface area contributed by atoms with Gasteiger partial charge in [-0.3, -0.25) is 0 Å². The number of anilines is 1. The van der Waals surface area contributed by atoms with Crippen LogP contribution in [-0.4, -0.2) is 10.2 Å². The number of hydrogen-bond donors (Lipinski definition) is 1. The molecule has 0 unspecified atom stereocenters. The van der Waals surface area contributed by atoms with Gasteiger partial charge < -0.3 is 5.32 Å². The summed E-state index contributed by atoms with van der Waals surface area (Å²) in [6, 6.07) is 3.88. The van der Waals surface area contributed by atoms with Gasteiger partial charge >= 0.3 is 0 Å². The predicted octanol–water partition coefficient (Wildman–Crippen LogP) is 4.07. The minimum Gasteiger partial charge on any atom is -0.363 e. The standard InChI is InChI=1S/C11H11Cl2N3S/c1-6-7(2)11(16-15-10(6)13)14-5-8-3-4-9(12)17-8/h3-4H,5H2,1-2H3,(H,14,16). The van der Waals surface area contributed by atoms with Crippen LogP contribution in [0, 0.1) is 13.8 Å². The molecule has 17 heavy (non-hydrogen) atoms. The quantitative estimate of drug-likeness (QED) is 0.925. The highest BCUT2D eigenvalue weighted by atomic mass is 35.5. The Morgan fingerprint density at radius 2 is 1.94 bits per heavy atom. The molecule has 0 aliphatic carbocycles. The van der Waals surface area contributed by atoms with Crippen molar-refractivity contribution in [2.24, 2.45) is 0 Å². The van der Waals surface area contributed by atoms with Crippen LogP contribution in [0.25, 0.3) is 0 Å². The molecule has 0 radical (unpaired) electrons. The Labute approximate surface area is 114 Å². The van der Waals surface area contributed by atoms with Crippen LogP contribution < -0.4 is 5.32 Å². The second kappa shape index (κ2) is 5.21. The first-order chi connectivity index (χ1) is 8.08. The molecule has 0 aromatic carbocycles. The van der Waals surface area contributed by atoms with Crippen LogP contribution in [0.1, 0.15) is 16.0 Å². The van der Waals surface area contributed by atoms with Gasteiger partial charge in [-0.15, -0.1) is 21.5 Å². The predicted molar refractivity (Wildman–Crippen MR) is 73.2 cm³/mol. The van der Waals surface area contributed by atoms with E-state index in [1.165, 1.54) is 0 Å². The number of rotatable bonds is 3. The van der Waals surface area contributed by atoms with E-state index >= 15 is 0 Å². The smallest absolute Gasteiger partial charge is 0.155 e. The average molecular weight is 288 g/mol. The highest BCUT2D eigenvalue weighted by Gasteiger charge is 2.08. The molecule has 0 saturated heterocycles. The lowest BCUT2D eigenvalue weighted by atomic mass is 10.2. The maximum atomic E-state index is 5.89. The van der Waals surface area contributed by atoms with Crippen molar-refractivity contribution in [2.45, 2.75) is 20.4 Å². The van der Waals surface area contributed by atoms with Crippen LogP contribution in [-0.2, 0) is 6.54 Å². The second-order valence-electron chi connectivity index (χ2n) is 3.65. The number of thiophene rings is 1. The van der Waals surface area contributed by atoms with Crippen molar-refractivity contribution in [1.29, 1.82) is 0 Å². The van der Waals surface area contributed by atoms with Crippen LogP contribution in [0.2, 0.25) is 9.49 Å². The molecular formula is C11H11Cl2N3S. The summed E-state index contributed by atoms with van der Waals surface area (Å²) in [6.07, 6.45) is 0. The fourth-order valence-corrected chi connectivity index (χ4v) is 2.57. The maximum Gasteiger partial charge on any atom is 0.155 e. The van der Waals surface area contributed by atoms with Gasteiger partial charge in [0, 0.05) is 4.88 Å². The summed E-state index contributed by atoms with van der Waals surface area (Å²) in [5, 5.41) is 11.6. The third-order valence-electron chi connectivity index (χ3n) is 2.52. The zero-order valence-electron chi connectivity index (χ0n) is 9.42. The zero-order valence-corrected chi connectivity index (χ0v) is 11.7. The molecule has 0 aliphatic rings. The first-order valence-corrected chi connectivity index (χ1v) is 6.62. The van der Waals surface area contributed by atoms with Gasteiger partial charge in [0.05, 0.1) is 10.9 Å². The number of halogens is 2. The number of hydrogen-bond acceptors (Lipinski definition) is 4. The van der Waals surface area contributed by atoms with E-state index < -0.39 is 0 Å². The Kier molecular flexibility index (Phi) is 3.86. The highest BCUT2D eigenvalue weighted by molar-refractivity contribution is 7.16. The molecule has 1 N–H and O–H groups in total. The Morgan fingerprint density at radius 3 is 2.59 bits per heavy atom. The minimum absolute atomic E-state index is 0.451. The summed E-state index contributed by atoms with van der Waals surface area (Å²) in [7, 11) is 0. The molecule has 0 spiro atoms.